The van der Waals surface area contributed by atoms with Crippen molar-refractivity contribution in [2.45, 2.75) is 24.5 Å². The van der Waals surface area contributed by atoms with Gasteiger partial charge in [-0.2, -0.15) is 11.8 Å². The number of thioether (sulfide) groups is 1. The van der Waals surface area contributed by atoms with Crippen LogP contribution >= 0.6 is 34.7 Å². The number of hydrogen-bond donors (Lipinski definition) is 0. The average molecular weight is 262 g/mol. The first-order valence-electron chi connectivity index (χ1n) is 4.97. The van der Waals surface area contributed by atoms with Gasteiger partial charge in [-0.3, -0.25) is 4.79 Å². The minimum Gasteiger partial charge on any atom is -0.291 e. The van der Waals surface area contributed by atoms with Gasteiger partial charge in [-0.05, 0) is 18.6 Å². The standard InChI is InChI=1S/C10H12ClNOS2/c11-5-8(13)7-6-15-10(12-7)9-3-1-2-4-14-9/h6,9H,1-5H2. The van der Waals surface area contributed by atoms with Gasteiger partial charge in [-0.25, -0.2) is 4.98 Å². The normalized spacial score (nSPS) is 21.5. The Balaban J connectivity index is 2.08. The van der Waals surface area contributed by atoms with Gasteiger partial charge in [0, 0.05) is 5.38 Å². The topological polar surface area (TPSA) is 30.0 Å². The number of aromatic nitrogens is 1. The predicted octanol–water partition coefficient (Wildman–Crippen LogP) is 3.52. The Bertz CT molecular complexity index is 347. The number of halogens is 1. The minimum atomic E-state index is -0.0695. The maximum Gasteiger partial charge on any atom is 0.196 e. The summed E-state index contributed by atoms with van der Waals surface area (Å²) in [7, 11) is 0. The molecular formula is C10H12ClNOS2. The Hall–Kier alpha value is -0.0600. The second kappa shape index (κ2) is 5.32. The molecule has 1 saturated heterocycles. The number of carbonyl (C=O) groups is 1. The van der Waals surface area contributed by atoms with Gasteiger partial charge in [0.05, 0.1) is 11.1 Å². The number of alkyl halides is 1. The zero-order chi connectivity index (χ0) is 10.7. The number of hydrogen-bond acceptors (Lipinski definition) is 4. The fourth-order valence-corrected chi connectivity index (χ4v) is 4.10. The molecule has 0 saturated carbocycles. The second-order valence-electron chi connectivity index (χ2n) is 3.48. The van der Waals surface area contributed by atoms with Crippen LogP contribution in [0.4, 0.5) is 0 Å². The molecule has 2 heterocycles. The maximum absolute atomic E-state index is 11.3. The van der Waals surface area contributed by atoms with E-state index in [9.17, 15) is 4.79 Å². The molecule has 1 atom stereocenters. The number of ketones is 1. The summed E-state index contributed by atoms with van der Waals surface area (Å²) in [5, 5.41) is 3.42. The molecule has 82 valence electrons. The van der Waals surface area contributed by atoms with E-state index in [2.05, 4.69) is 4.98 Å². The highest BCUT2D eigenvalue weighted by atomic mass is 35.5. The number of nitrogens with zero attached hydrogens (tertiary/aromatic N) is 1. The first kappa shape index (κ1) is 11.4. The molecule has 0 amide bonds. The Kier molecular flexibility index (Phi) is 4.05. The van der Waals surface area contributed by atoms with Gasteiger partial charge >= 0.3 is 0 Å². The molecule has 1 aromatic rings. The Morgan fingerprint density at radius 1 is 1.60 bits per heavy atom. The van der Waals surface area contributed by atoms with Crippen molar-refractivity contribution in [3.05, 3.63) is 16.1 Å². The van der Waals surface area contributed by atoms with E-state index in [1.54, 1.807) is 11.3 Å². The molecule has 2 nitrogen and oxygen atoms in total. The van der Waals surface area contributed by atoms with Crippen LogP contribution in [-0.4, -0.2) is 22.4 Å². The lowest BCUT2D eigenvalue weighted by atomic mass is 10.2. The molecule has 0 radical (unpaired) electrons. The van der Waals surface area contributed by atoms with Gasteiger partial charge in [0.15, 0.2) is 5.78 Å². The Morgan fingerprint density at radius 2 is 2.47 bits per heavy atom. The van der Waals surface area contributed by atoms with E-state index >= 15 is 0 Å². The van der Waals surface area contributed by atoms with E-state index in [1.165, 1.54) is 25.0 Å². The summed E-state index contributed by atoms with van der Waals surface area (Å²) in [5.41, 5.74) is 0.538. The fourth-order valence-electron chi connectivity index (χ4n) is 1.57. The smallest absolute Gasteiger partial charge is 0.196 e. The largest absolute Gasteiger partial charge is 0.291 e. The SMILES string of the molecule is O=C(CCl)c1csc(C2CCCCS2)n1. The van der Waals surface area contributed by atoms with E-state index < -0.39 is 0 Å². The molecule has 5 heteroatoms. The molecular weight excluding hydrogens is 250 g/mol. The van der Waals surface area contributed by atoms with Crippen LogP contribution in [0, 0.1) is 0 Å². The van der Waals surface area contributed by atoms with Crippen LogP contribution in [0.25, 0.3) is 0 Å². The summed E-state index contributed by atoms with van der Waals surface area (Å²) in [6.45, 7) is 0. The lowest BCUT2D eigenvalue weighted by Crippen LogP contribution is -2.04. The number of Topliss-reactive ketones (excluding diaryl/α,β-unsaturated/α-hetero) is 1. The molecule has 1 unspecified atom stereocenters. The monoisotopic (exact) mass is 261 g/mol. The van der Waals surface area contributed by atoms with Gasteiger partial charge in [0.2, 0.25) is 0 Å². The summed E-state index contributed by atoms with van der Waals surface area (Å²) in [6.07, 6.45) is 3.77. The van der Waals surface area contributed by atoms with Crippen LogP contribution in [0.5, 0.6) is 0 Å². The highest BCUT2D eigenvalue weighted by Crippen LogP contribution is 2.39. The first-order valence-corrected chi connectivity index (χ1v) is 7.43. The average Bonchev–Trinajstić information content (AvgIpc) is 2.78. The number of thiazole rings is 1. The van der Waals surface area contributed by atoms with E-state index in [4.69, 9.17) is 11.6 Å². The lowest BCUT2D eigenvalue weighted by Gasteiger charge is -2.18. The van der Waals surface area contributed by atoms with E-state index in [0.717, 1.165) is 5.01 Å². The van der Waals surface area contributed by atoms with Crippen molar-refractivity contribution in [3.8, 4) is 0 Å². The van der Waals surface area contributed by atoms with E-state index in [-0.39, 0.29) is 11.7 Å². The van der Waals surface area contributed by atoms with Crippen LogP contribution in [0.3, 0.4) is 0 Å². The van der Waals surface area contributed by atoms with Crippen LogP contribution in [0.15, 0.2) is 5.38 Å². The molecule has 0 aromatic carbocycles. The third-order valence-electron chi connectivity index (χ3n) is 2.38. The molecule has 1 aliphatic rings. The molecule has 0 bridgehead atoms. The maximum atomic E-state index is 11.3. The highest BCUT2D eigenvalue weighted by Gasteiger charge is 2.20. The minimum absolute atomic E-state index is 0.0288. The molecule has 1 aromatic heterocycles. The number of rotatable bonds is 3. The summed E-state index contributed by atoms with van der Waals surface area (Å²) < 4.78 is 0. The first-order chi connectivity index (χ1) is 7.31. The fraction of sp³-hybridized carbons (Fsp3) is 0.600. The predicted molar refractivity (Wildman–Crippen MR) is 66.2 cm³/mol. The molecule has 0 spiro atoms. The molecule has 1 fully saturated rings. The van der Waals surface area contributed by atoms with Crippen LogP contribution in [0.2, 0.25) is 0 Å². The molecule has 0 N–H and O–H groups in total. The Labute approximate surface area is 102 Å². The van der Waals surface area contributed by atoms with Crippen molar-refractivity contribution in [1.82, 2.24) is 4.98 Å². The van der Waals surface area contributed by atoms with Crippen molar-refractivity contribution in [2.75, 3.05) is 11.6 Å². The molecule has 1 aliphatic heterocycles. The van der Waals surface area contributed by atoms with Crippen molar-refractivity contribution >= 4 is 40.5 Å². The van der Waals surface area contributed by atoms with Crippen LogP contribution in [0.1, 0.15) is 40.0 Å². The lowest BCUT2D eigenvalue weighted by molar-refractivity contribution is 0.101. The molecule has 15 heavy (non-hydrogen) atoms. The third kappa shape index (κ3) is 2.74. The third-order valence-corrected chi connectivity index (χ3v) is 5.12. The van der Waals surface area contributed by atoms with Gasteiger partial charge in [0.25, 0.3) is 0 Å². The Morgan fingerprint density at radius 3 is 3.13 bits per heavy atom. The number of carbonyl (C=O) groups excluding carboxylic acids is 1. The van der Waals surface area contributed by atoms with Crippen LogP contribution < -0.4 is 0 Å². The molecule has 0 aliphatic carbocycles. The van der Waals surface area contributed by atoms with Gasteiger partial charge < -0.3 is 0 Å². The molecule has 2 rings (SSSR count). The van der Waals surface area contributed by atoms with Crippen molar-refractivity contribution in [1.29, 1.82) is 0 Å². The second-order valence-corrected chi connectivity index (χ2v) is 5.95. The van der Waals surface area contributed by atoms with Crippen molar-refractivity contribution in [3.63, 3.8) is 0 Å². The van der Waals surface area contributed by atoms with E-state index in [0.29, 0.717) is 10.9 Å². The summed E-state index contributed by atoms with van der Waals surface area (Å²) >= 11 is 9.03. The highest BCUT2D eigenvalue weighted by molar-refractivity contribution is 7.99. The summed E-state index contributed by atoms with van der Waals surface area (Å²) in [6, 6.07) is 0. The van der Waals surface area contributed by atoms with Crippen molar-refractivity contribution < 1.29 is 4.79 Å². The van der Waals surface area contributed by atoms with Crippen LogP contribution in [-0.2, 0) is 0 Å². The van der Waals surface area contributed by atoms with Gasteiger partial charge in [-0.1, -0.05) is 6.42 Å². The van der Waals surface area contributed by atoms with Crippen molar-refractivity contribution in [2.24, 2.45) is 0 Å². The van der Waals surface area contributed by atoms with Gasteiger partial charge in [0.1, 0.15) is 10.7 Å². The van der Waals surface area contributed by atoms with Gasteiger partial charge in [-0.15, -0.1) is 22.9 Å². The summed E-state index contributed by atoms with van der Waals surface area (Å²) in [5.74, 6) is 1.17. The summed E-state index contributed by atoms with van der Waals surface area (Å²) in [4.78, 5) is 15.7. The van der Waals surface area contributed by atoms with E-state index in [1.807, 2.05) is 17.1 Å². The zero-order valence-corrected chi connectivity index (χ0v) is 10.6. The quantitative estimate of drug-likeness (QED) is 0.616. The zero-order valence-electron chi connectivity index (χ0n) is 8.24.